The summed E-state index contributed by atoms with van der Waals surface area (Å²) in [5.74, 6) is 1.22. The first-order chi connectivity index (χ1) is 11.7. The maximum atomic E-state index is 12.2. The Morgan fingerprint density at radius 1 is 0.958 bits per heavy atom. The van der Waals surface area contributed by atoms with Crippen molar-refractivity contribution < 1.29 is 19.0 Å². The van der Waals surface area contributed by atoms with Gasteiger partial charge in [0.05, 0.1) is 27.2 Å². The van der Waals surface area contributed by atoms with Crippen molar-refractivity contribution in [1.82, 2.24) is 5.32 Å². The first-order valence-electron chi connectivity index (χ1n) is 7.71. The van der Waals surface area contributed by atoms with Crippen LogP contribution >= 0.6 is 0 Å². The monoisotopic (exact) mass is 329 g/mol. The normalized spacial score (nSPS) is 10.3. The summed E-state index contributed by atoms with van der Waals surface area (Å²) in [6.07, 6.45) is 0.285. The van der Waals surface area contributed by atoms with Crippen molar-refractivity contribution in [3.63, 3.8) is 0 Å². The molecule has 1 amide bonds. The van der Waals surface area contributed by atoms with E-state index in [4.69, 9.17) is 14.2 Å². The van der Waals surface area contributed by atoms with Gasteiger partial charge in [-0.05, 0) is 28.8 Å². The summed E-state index contributed by atoms with van der Waals surface area (Å²) in [5, 5.41) is 2.95. The Labute approximate surface area is 142 Å². The second-order valence-corrected chi connectivity index (χ2v) is 5.34. The van der Waals surface area contributed by atoms with Crippen LogP contribution in [0.1, 0.15) is 16.7 Å². The highest BCUT2D eigenvalue weighted by Gasteiger charge is 2.09. The van der Waals surface area contributed by atoms with E-state index in [-0.39, 0.29) is 12.3 Å². The number of rotatable bonds is 8. The zero-order valence-electron chi connectivity index (χ0n) is 14.3. The minimum absolute atomic E-state index is 0.0468. The van der Waals surface area contributed by atoms with Gasteiger partial charge in [-0.25, -0.2) is 0 Å². The summed E-state index contributed by atoms with van der Waals surface area (Å²) in [6, 6.07) is 13.4. The van der Waals surface area contributed by atoms with E-state index in [0.717, 1.165) is 16.7 Å². The number of amides is 1. The number of methoxy groups -OCH3 is 3. The van der Waals surface area contributed by atoms with Gasteiger partial charge in [0.25, 0.3) is 0 Å². The lowest BCUT2D eigenvalue weighted by molar-refractivity contribution is -0.120. The van der Waals surface area contributed by atoms with Gasteiger partial charge in [-0.3, -0.25) is 4.79 Å². The highest BCUT2D eigenvalue weighted by atomic mass is 16.5. The molecule has 0 bridgehead atoms. The topological polar surface area (TPSA) is 56.8 Å². The lowest BCUT2D eigenvalue weighted by Crippen LogP contribution is -2.25. The Morgan fingerprint density at radius 2 is 1.67 bits per heavy atom. The molecular formula is C19H23NO4. The summed E-state index contributed by atoms with van der Waals surface area (Å²) in [5.41, 5.74) is 3.00. The van der Waals surface area contributed by atoms with Crippen LogP contribution in [0.2, 0.25) is 0 Å². The molecule has 128 valence electrons. The molecule has 0 unspecified atom stereocenters. The summed E-state index contributed by atoms with van der Waals surface area (Å²) in [4.78, 5) is 12.2. The molecule has 2 aromatic rings. The van der Waals surface area contributed by atoms with Gasteiger partial charge in [0.15, 0.2) is 11.5 Å². The van der Waals surface area contributed by atoms with E-state index in [0.29, 0.717) is 24.7 Å². The molecule has 2 aromatic carbocycles. The van der Waals surface area contributed by atoms with Crippen LogP contribution in [0.3, 0.4) is 0 Å². The Hall–Kier alpha value is -2.53. The number of carbonyl (C=O) groups excluding carboxylic acids is 1. The number of ether oxygens (including phenoxy) is 3. The molecule has 0 fully saturated rings. The van der Waals surface area contributed by atoms with Crippen LogP contribution in [0, 0.1) is 0 Å². The highest BCUT2D eigenvalue weighted by molar-refractivity contribution is 5.78. The number of benzene rings is 2. The quantitative estimate of drug-likeness (QED) is 0.809. The van der Waals surface area contributed by atoms with Gasteiger partial charge in [0.2, 0.25) is 5.91 Å². The van der Waals surface area contributed by atoms with Gasteiger partial charge >= 0.3 is 0 Å². The average Bonchev–Trinajstić information content (AvgIpc) is 2.61. The molecule has 5 nitrogen and oxygen atoms in total. The third kappa shape index (κ3) is 4.73. The molecule has 0 aliphatic rings. The van der Waals surface area contributed by atoms with Gasteiger partial charge in [-0.2, -0.15) is 0 Å². The largest absolute Gasteiger partial charge is 0.493 e. The molecule has 0 spiro atoms. The predicted octanol–water partition coefficient (Wildman–Crippen LogP) is 2.71. The molecule has 0 aliphatic carbocycles. The van der Waals surface area contributed by atoms with Crippen molar-refractivity contribution in [2.24, 2.45) is 0 Å². The second kappa shape index (κ2) is 8.93. The minimum Gasteiger partial charge on any atom is -0.493 e. The Balaban J connectivity index is 1.97. The molecule has 0 aliphatic heterocycles. The van der Waals surface area contributed by atoms with Gasteiger partial charge in [-0.15, -0.1) is 0 Å². The fourth-order valence-corrected chi connectivity index (χ4v) is 2.46. The van der Waals surface area contributed by atoms with Crippen LogP contribution in [-0.4, -0.2) is 27.2 Å². The fourth-order valence-electron chi connectivity index (χ4n) is 2.46. The highest BCUT2D eigenvalue weighted by Crippen LogP contribution is 2.27. The molecule has 0 saturated carbocycles. The lowest BCUT2D eigenvalue weighted by atomic mass is 10.1. The molecule has 0 radical (unpaired) electrons. The lowest BCUT2D eigenvalue weighted by Gasteiger charge is -2.11. The molecular weight excluding hydrogens is 306 g/mol. The standard InChI is InChI=1S/C19H23NO4/c1-22-13-16-7-5-4-6-15(16)12-20-19(21)11-14-8-9-17(23-2)18(10-14)24-3/h4-10H,11-13H2,1-3H3,(H,20,21). The second-order valence-electron chi connectivity index (χ2n) is 5.34. The van der Waals surface area contributed by atoms with Crippen LogP contribution < -0.4 is 14.8 Å². The molecule has 0 aromatic heterocycles. The summed E-state index contributed by atoms with van der Waals surface area (Å²) < 4.78 is 15.6. The fraction of sp³-hybridized carbons (Fsp3) is 0.316. The summed E-state index contributed by atoms with van der Waals surface area (Å²) in [7, 11) is 4.82. The van der Waals surface area contributed by atoms with Crippen LogP contribution in [0.4, 0.5) is 0 Å². The molecule has 0 saturated heterocycles. The van der Waals surface area contributed by atoms with Crippen molar-refractivity contribution in [2.45, 2.75) is 19.6 Å². The van der Waals surface area contributed by atoms with Crippen molar-refractivity contribution in [3.05, 3.63) is 59.2 Å². The number of hydrogen-bond acceptors (Lipinski definition) is 4. The van der Waals surface area contributed by atoms with Crippen LogP contribution in [0.25, 0.3) is 0 Å². The van der Waals surface area contributed by atoms with Gasteiger partial charge in [0.1, 0.15) is 0 Å². The molecule has 1 N–H and O–H groups in total. The zero-order valence-corrected chi connectivity index (χ0v) is 14.3. The molecule has 5 heteroatoms. The smallest absolute Gasteiger partial charge is 0.224 e. The zero-order chi connectivity index (χ0) is 17.4. The Kier molecular flexibility index (Phi) is 6.63. The van der Waals surface area contributed by atoms with Crippen LogP contribution in [0.15, 0.2) is 42.5 Å². The van der Waals surface area contributed by atoms with Gasteiger partial charge in [0, 0.05) is 13.7 Å². The molecule has 2 rings (SSSR count). The predicted molar refractivity (Wildman–Crippen MR) is 92.3 cm³/mol. The summed E-state index contributed by atoms with van der Waals surface area (Å²) >= 11 is 0. The maximum Gasteiger partial charge on any atom is 0.224 e. The first-order valence-corrected chi connectivity index (χ1v) is 7.71. The molecule has 0 atom stereocenters. The van der Waals surface area contributed by atoms with E-state index < -0.39 is 0 Å². The van der Waals surface area contributed by atoms with Crippen LogP contribution in [-0.2, 0) is 29.1 Å². The van der Waals surface area contributed by atoms with E-state index in [9.17, 15) is 4.79 Å². The van der Waals surface area contributed by atoms with E-state index in [1.165, 1.54) is 0 Å². The third-order valence-electron chi connectivity index (χ3n) is 3.71. The maximum absolute atomic E-state index is 12.2. The van der Waals surface area contributed by atoms with Crippen molar-refractivity contribution in [1.29, 1.82) is 0 Å². The van der Waals surface area contributed by atoms with Crippen molar-refractivity contribution >= 4 is 5.91 Å². The molecule has 24 heavy (non-hydrogen) atoms. The number of carbonyl (C=O) groups is 1. The van der Waals surface area contributed by atoms with Crippen molar-refractivity contribution in [3.8, 4) is 11.5 Å². The van der Waals surface area contributed by atoms with Gasteiger partial charge < -0.3 is 19.5 Å². The van der Waals surface area contributed by atoms with E-state index >= 15 is 0 Å². The average molecular weight is 329 g/mol. The first kappa shape index (κ1) is 17.8. The Bertz CT molecular complexity index is 685. The third-order valence-corrected chi connectivity index (χ3v) is 3.71. The molecule has 0 heterocycles. The van der Waals surface area contributed by atoms with E-state index in [1.54, 1.807) is 27.4 Å². The van der Waals surface area contributed by atoms with Crippen molar-refractivity contribution in [2.75, 3.05) is 21.3 Å². The SMILES string of the molecule is COCc1ccccc1CNC(=O)Cc1ccc(OC)c(OC)c1. The summed E-state index contributed by atoms with van der Waals surface area (Å²) in [6.45, 7) is 1.01. The minimum atomic E-state index is -0.0468. The van der Waals surface area contributed by atoms with Crippen LogP contribution in [0.5, 0.6) is 11.5 Å². The Morgan fingerprint density at radius 3 is 2.33 bits per heavy atom. The number of nitrogens with one attached hydrogen (secondary N) is 1. The van der Waals surface area contributed by atoms with E-state index in [2.05, 4.69) is 5.32 Å². The van der Waals surface area contributed by atoms with E-state index in [1.807, 2.05) is 36.4 Å². The number of hydrogen-bond donors (Lipinski definition) is 1. The van der Waals surface area contributed by atoms with Gasteiger partial charge in [-0.1, -0.05) is 30.3 Å².